The summed E-state index contributed by atoms with van der Waals surface area (Å²) in [5, 5.41) is 21.5. The van der Waals surface area contributed by atoms with Crippen LogP contribution in [0.15, 0.2) is 53.7 Å². The molecule has 0 bridgehead atoms. The van der Waals surface area contributed by atoms with Crippen molar-refractivity contribution in [2.24, 2.45) is 0 Å². The van der Waals surface area contributed by atoms with Crippen LogP contribution in [0.2, 0.25) is 5.02 Å². The van der Waals surface area contributed by atoms with Gasteiger partial charge in [-0.1, -0.05) is 61.5 Å². The number of hydrogen-bond donors (Lipinski definition) is 1. The third kappa shape index (κ3) is 6.06. The first-order chi connectivity index (χ1) is 16.0. The summed E-state index contributed by atoms with van der Waals surface area (Å²) in [6, 6.07) is 16.5. The molecule has 33 heavy (non-hydrogen) atoms. The van der Waals surface area contributed by atoms with Crippen molar-refractivity contribution in [3.63, 3.8) is 0 Å². The number of para-hydroxylation sites is 2. The number of halogens is 1. The minimum atomic E-state index is -0.452. The smallest absolute Gasteiger partial charge is 0.237 e. The quantitative estimate of drug-likeness (QED) is 0.363. The third-order valence-electron chi connectivity index (χ3n) is 5.19. The van der Waals surface area contributed by atoms with Gasteiger partial charge in [0.05, 0.1) is 21.5 Å². The maximum Gasteiger partial charge on any atom is 0.237 e. The summed E-state index contributed by atoms with van der Waals surface area (Å²) in [7, 11) is 0. The van der Waals surface area contributed by atoms with Crippen LogP contribution in [0.3, 0.4) is 0 Å². The van der Waals surface area contributed by atoms with Crippen LogP contribution in [-0.2, 0) is 11.4 Å². The zero-order valence-electron chi connectivity index (χ0n) is 18.8. The van der Waals surface area contributed by atoms with E-state index in [0.29, 0.717) is 33.0 Å². The number of nitrogens with zero attached hydrogens (tertiary/aromatic N) is 4. The number of carbonyl (C=O) groups excluding carboxylic acids is 1. The largest absolute Gasteiger partial charge is 0.484 e. The highest BCUT2D eigenvalue weighted by Gasteiger charge is 2.24. The van der Waals surface area contributed by atoms with E-state index in [-0.39, 0.29) is 18.6 Å². The van der Waals surface area contributed by atoms with E-state index >= 15 is 0 Å². The molecular formula is C24H26ClN5O2S. The molecule has 1 N–H and O–H groups in total. The zero-order valence-corrected chi connectivity index (χ0v) is 20.4. The number of aromatic nitrogens is 3. The maximum atomic E-state index is 12.8. The molecule has 172 valence electrons. The molecule has 2 aromatic carbocycles. The molecule has 0 aliphatic rings. The first-order valence-corrected chi connectivity index (χ1v) is 12.0. The normalized spacial score (nSPS) is 11.8. The second kappa shape index (κ2) is 11.7. The van der Waals surface area contributed by atoms with Crippen molar-refractivity contribution >= 4 is 35.0 Å². The van der Waals surface area contributed by atoms with E-state index < -0.39 is 5.25 Å². The number of rotatable bonds is 10. The fraction of sp³-hybridized carbons (Fsp3) is 0.333. The first kappa shape index (κ1) is 24.6. The zero-order chi connectivity index (χ0) is 23.8. The number of ether oxygens (including phenoxy) is 1. The standard InChI is InChI=1S/C24H26ClN5O2S/c1-4-18(5-2)30-22(15-32-21-13-9-7-11-19(21)25)28-29-24(30)33-16(3)23(31)27-20-12-8-6-10-17(20)14-26/h6-13,16,18H,4-5,15H2,1-3H3,(H,27,31). The maximum absolute atomic E-state index is 12.8. The summed E-state index contributed by atoms with van der Waals surface area (Å²) in [6.07, 6.45) is 1.77. The monoisotopic (exact) mass is 483 g/mol. The summed E-state index contributed by atoms with van der Waals surface area (Å²) in [6.45, 7) is 6.23. The number of anilines is 1. The molecule has 1 unspecified atom stereocenters. The second-order valence-electron chi connectivity index (χ2n) is 7.36. The summed E-state index contributed by atoms with van der Waals surface area (Å²) in [4.78, 5) is 12.8. The summed E-state index contributed by atoms with van der Waals surface area (Å²) in [5.41, 5.74) is 0.912. The SMILES string of the molecule is CCC(CC)n1c(COc2ccccc2Cl)nnc1SC(C)C(=O)Nc1ccccc1C#N. The molecule has 0 radical (unpaired) electrons. The van der Waals surface area contributed by atoms with Gasteiger partial charge in [-0.05, 0) is 44.0 Å². The van der Waals surface area contributed by atoms with Crippen LogP contribution in [0.4, 0.5) is 5.69 Å². The van der Waals surface area contributed by atoms with Gasteiger partial charge in [0.2, 0.25) is 5.91 Å². The van der Waals surface area contributed by atoms with Crippen molar-refractivity contribution in [3.05, 3.63) is 64.9 Å². The second-order valence-corrected chi connectivity index (χ2v) is 9.08. The Labute approximate surface area is 203 Å². The Morgan fingerprint density at radius 3 is 2.58 bits per heavy atom. The van der Waals surface area contributed by atoms with Crippen LogP contribution in [-0.4, -0.2) is 25.9 Å². The molecule has 1 aromatic heterocycles. The Morgan fingerprint density at radius 2 is 1.88 bits per heavy atom. The lowest BCUT2D eigenvalue weighted by atomic mass is 10.2. The van der Waals surface area contributed by atoms with E-state index in [1.807, 2.05) is 12.1 Å². The fourth-order valence-electron chi connectivity index (χ4n) is 3.35. The number of nitrogens with one attached hydrogen (secondary N) is 1. The molecule has 9 heteroatoms. The average molecular weight is 484 g/mol. The number of thioether (sulfide) groups is 1. The Hall–Kier alpha value is -3.02. The van der Waals surface area contributed by atoms with Crippen molar-refractivity contribution in [2.75, 3.05) is 5.32 Å². The van der Waals surface area contributed by atoms with E-state index in [2.05, 4.69) is 40.0 Å². The molecule has 1 atom stereocenters. The van der Waals surface area contributed by atoms with Gasteiger partial charge in [-0.15, -0.1) is 10.2 Å². The molecule has 0 spiro atoms. The topological polar surface area (TPSA) is 92.8 Å². The lowest BCUT2D eigenvalue weighted by Gasteiger charge is -2.20. The number of amides is 1. The predicted molar refractivity (Wildman–Crippen MR) is 131 cm³/mol. The van der Waals surface area contributed by atoms with Gasteiger partial charge >= 0.3 is 0 Å². The molecule has 1 heterocycles. The van der Waals surface area contributed by atoms with Crippen molar-refractivity contribution < 1.29 is 9.53 Å². The van der Waals surface area contributed by atoms with Gasteiger partial charge in [0.1, 0.15) is 18.4 Å². The molecule has 0 saturated carbocycles. The predicted octanol–water partition coefficient (Wildman–Crippen LogP) is 5.86. The lowest BCUT2D eigenvalue weighted by molar-refractivity contribution is -0.115. The van der Waals surface area contributed by atoms with E-state index in [1.54, 1.807) is 43.3 Å². The molecule has 3 aromatic rings. The van der Waals surface area contributed by atoms with Crippen molar-refractivity contribution in [2.45, 2.75) is 56.7 Å². The summed E-state index contributed by atoms with van der Waals surface area (Å²) in [5.74, 6) is 1.04. The summed E-state index contributed by atoms with van der Waals surface area (Å²) < 4.78 is 7.95. The van der Waals surface area contributed by atoms with Gasteiger partial charge in [-0.2, -0.15) is 5.26 Å². The Bertz CT molecular complexity index is 1140. The minimum absolute atomic E-state index is 0.168. The van der Waals surface area contributed by atoms with Crippen LogP contribution in [0.25, 0.3) is 0 Å². The molecule has 0 aliphatic carbocycles. The molecule has 1 amide bonds. The molecule has 0 saturated heterocycles. The number of carbonyl (C=O) groups is 1. The Kier molecular flexibility index (Phi) is 8.75. The number of nitriles is 1. The minimum Gasteiger partial charge on any atom is -0.484 e. The van der Waals surface area contributed by atoms with Crippen LogP contribution < -0.4 is 10.1 Å². The van der Waals surface area contributed by atoms with Crippen LogP contribution >= 0.6 is 23.4 Å². The van der Waals surface area contributed by atoms with Gasteiger partial charge in [0.15, 0.2) is 11.0 Å². The van der Waals surface area contributed by atoms with Crippen LogP contribution in [0.1, 0.15) is 51.0 Å². The average Bonchev–Trinajstić information content (AvgIpc) is 3.22. The van der Waals surface area contributed by atoms with Gasteiger partial charge in [0.25, 0.3) is 0 Å². The van der Waals surface area contributed by atoms with Crippen molar-refractivity contribution in [1.82, 2.24) is 14.8 Å². The molecule has 7 nitrogen and oxygen atoms in total. The van der Waals surface area contributed by atoms with E-state index in [4.69, 9.17) is 16.3 Å². The highest BCUT2D eigenvalue weighted by Crippen LogP contribution is 2.30. The summed E-state index contributed by atoms with van der Waals surface area (Å²) >= 11 is 7.54. The van der Waals surface area contributed by atoms with Gasteiger partial charge in [-0.25, -0.2) is 0 Å². The highest BCUT2D eigenvalue weighted by molar-refractivity contribution is 8.00. The molecule has 0 aliphatic heterocycles. The van der Waals surface area contributed by atoms with Crippen LogP contribution in [0, 0.1) is 11.3 Å². The number of benzene rings is 2. The lowest BCUT2D eigenvalue weighted by Crippen LogP contribution is -2.24. The molecule has 0 fully saturated rings. The molecule has 3 rings (SSSR count). The fourth-order valence-corrected chi connectivity index (χ4v) is 4.47. The van der Waals surface area contributed by atoms with Crippen LogP contribution in [0.5, 0.6) is 5.75 Å². The third-order valence-corrected chi connectivity index (χ3v) is 6.56. The van der Waals surface area contributed by atoms with Crippen molar-refractivity contribution in [1.29, 1.82) is 5.26 Å². The number of hydrogen-bond acceptors (Lipinski definition) is 6. The van der Waals surface area contributed by atoms with E-state index in [1.165, 1.54) is 11.8 Å². The van der Waals surface area contributed by atoms with Gasteiger partial charge in [0, 0.05) is 6.04 Å². The highest BCUT2D eigenvalue weighted by atomic mass is 35.5. The van der Waals surface area contributed by atoms with Gasteiger partial charge < -0.3 is 14.6 Å². The molecular weight excluding hydrogens is 458 g/mol. The van der Waals surface area contributed by atoms with E-state index in [9.17, 15) is 10.1 Å². The Morgan fingerprint density at radius 1 is 1.18 bits per heavy atom. The Balaban J connectivity index is 1.78. The van der Waals surface area contributed by atoms with Gasteiger partial charge in [-0.3, -0.25) is 4.79 Å². The first-order valence-electron chi connectivity index (χ1n) is 10.8. The van der Waals surface area contributed by atoms with E-state index in [0.717, 1.165) is 12.8 Å². The van der Waals surface area contributed by atoms with Crippen molar-refractivity contribution in [3.8, 4) is 11.8 Å².